The van der Waals surface area contributed by atoms with E-state index in [1.807, 2.05) is 24.3 Å². The molecule has 0 spiro atoms. The van der Waals surface area contributed by atoms with Crippen molar-refractivity contribution in [1.82, 2.24) is 10.2 Å². The highest BCUT2D eigenvalue weighted by molar-refractivity contribution is 6.10. The molecule has 2 aromatic carbocycles. The Hall–Kier alpha value is -3.03. The monoisotopic (exact) mass is 398 g/mol. The van der Waals surface area contributed by atoms with Crippen molar-refractivity contribution in [1.29, 1.82) is 0 Å². The van der Waals surface area contributed by atoms with Crippen molar-refractivity contribution in [2.75, 3.05) is 20.7 Å². The molecule has 154 valence electrons. The van der Waals surface area contributed by atoms with Crippen LogP contribution in [-0.2, 0) is 15.2 Å². The van der Waals surface area contributed by atoms with Gasteiger partial charge in [-0.05, 0) is 42.7 Å². The van der Waals surface area contributed by atoms with Gasteiger partial charge in [-0.1, -0.05) is 36.4 Å². The van der Waals surface area contributed by atoms with Gasteiger partial charge in [0.05, 0.1) is 5.60 Å². The van der Waals surface area contributed by atoms with Crippen molar-refractivity contribution in [2.24, 2.45) is 0 Å². The van der Waals surface area contributed by atoms with E-state index in [1.54, 1.807) is 38.1 Å². The molecule has 7 nitrogen and oxygen atoms in total. The second-order valence-electron chi connectivity index (χ2n) is 7.27. The number of ketones is 1. The number of Topliss-reactive ketones (excluding diaryl/α,β-unsaturated/α-hetero) is 1. The first kappa shape index (κ1) is 22.3. The van der Waals surface area contributed by atoms with Crippen LogP contribution in [0.15, 0.2) is 48.5 Å². The smallest absolute Gasteiger partial charge is 0.254 e. The van der Waals surface area contributed by atoms with Gasteiger partial charge in [0.1, 0.15) is 6.61 Å². The largest absolute Gasteiger partial charge is 0.388 e. The average molecular weight is 398 g/mol. The van der Waals surface area contributed by atoms with Crippen molar-refractivity contribution in [3.05, 3.63) is 59.7 Å². The number of hydrogen-bond acceptors (Lipinski definition) is 5. The summed E-state index contributed by atoms with van der Waals surface area (Å²) in [6.07, 6.45) is 0. The Morgan fingerprint density at radius 1 is 1.00 bits per heavy atom. The van der Waals surface area contributed by atoms with Gasteiger partial charge in [-0.15, -0.1) is 0 Å². The Morgan fingerprint density at radius 3 is 1.90 bits per heavy atom. The van der Waals surface area contributed by atoms with Gasteiger partial charge in [-0.25, -0.2) is 0 Å². The molecule has 3 N–H and O–H groups in total. The Kier molecular flexibility index (Phi) is 6.89. The number of carbonyl (C=O) groups is 3. The van der Waals surface area contributed by atoms with Crippen molar-refractivity contribution in [2.45, 2.75) is 25.5 Å². The number of rotatable bonds is 7. The summed E-state index contributed by atoms with van der Waals surface area (Å²) >= 11 is 0. The van der Waals surface area contributed by atoms with Crippen LogP contribution in [0.2, 0.25) is 0 Å². The number of nitrogens with zero attached hydrogens (tertiary/aromatic N) is 1. The fourth-order valence-corrected chi connectivity index (χ4v) is 2.96. The number of aliphatic hydroxyl groups excluding tert-OH is 1. The van der Waals surface area contributed by atoms with Crippen LogP contribution < -0.4 is 5.32 Å². The summed E-state index contributed by atoms with van der Waals surface area (Å²) in [6.45, 7) is 2.59. The van der Waals surface area contributed by atoms with Gasteiger partial charge in [0.25, 0.3) is 5.91 Å². The summed E-state index contributed by atoms with van der Waals surface area (Å²) in [6, 6.07) is 12.8. The third kappa shape index (κ3) is 5.07. The highest BCUT2D eigenvalue weighted by Crippen LogP contribution is 2.25. The third-order valence-electron chi connectivity index (χ3n) is 4.72. The zero-order valence-corrected chi connectivity index (χ0v) is 17.0. The van der Waals surface area contributed by atoms with Crippen molar-refractivity contribution in [3.63, 3.8) is 0 Å². The lowest BCUT2D eigenvalue weighted by Crippen LogP contribution is -2.52. The lowest BCUT2D eigenvalue weighted by atomic mass is 9.95. The molecule has 0 aliphatic carbocycles. The molecule has 0 aromatic heterocycles. The first-order valence-corrected chi connectivity index (χ1v) is 9.15. The van der Waals surface area contributed by atoms with Gasteiger partial charge in [-0.3, -0.25) is 14.4 Å². The average Bonchev–Trinajstić information content (AvgIpc) is 2.72. The molecule has 0 radical (unpaired) electrons. The lowest BCUT2D eigenvalue weighted by molar-refractivity contribution is -0.135. The standard InChI is InChI=1S/C22H26N2O5/c1-22(2,29)17-11-9-15(10-12-17)14-5-7-16(8-6-14)21(28)24(4)19(18(26)13-25)20(27)23-3/h5-12,19,25,29H,13H2,1-4H3,(H,23,27). The summed E-state index contributed by atoms with van der Waals surface area (Å²) in [7, 11) is 2.70. The van der Waals surface area contributed by atoms with Crippen molar-refractivity contribution in [3.8, 4) is 11.1 Å². The Morgan fingerprint density at radius 2 is 1.48 bits per heavy atom. The highest BCUT2D eigenvalue weighted by atomic mass is 16.3. The molecule has 0 saturated heterocycles. The van der Waals surface area contributed by atoms with Gasteiger partial charge >= 0.3 is 0 Å². The molecular weight excluding hydrogens is 372 g/mol. The molecule has 2 amide bonds. The van der Waals surface area contributed by atoms with Crippen LogP contribution in [0.4, 0.5) is 0 Å². The molecule has 2 rings (SSSR count). The number of carbonyl (C=O) groups excluding carboxylic acids is 3. The summed E-state index contributed by atoms with van der Waals surface area (Å²) in [5.41, 5.74) is 1.98. The first-order valence-electron chi connectivity index (χ1n) is 9.15. The number of hydrogen-bond donors (Lipinski definition) is 3. The Bertz CT molecular complexity index is 867. The predicted octanol–water partition coefficient (Wildman–Crippen LogP) is 1.33. The second-order valence-corrected chi connectivity index (χ2v) is 7.27. The second kappa shape index (κ2) is 8.98. The predicted molar refractivity (Wildman–Crippen MR) is 109 cm³/mol. The fraction of sp³-hybridized carbons (Fsp3) is 0.318. The summed E-state index contributed by atoms with van der Waals surface area (Å²) in [4.78, 5) is 37.6. The van der Waals surface area contributed by atoms with E-state index in [2.05, 4.69) is 5.32 Å². The van der Waals surface area contributed by atoms with E-state index in [0.29, 0.717) is 5.56 Å². The minimum Gasteiger partial charge on any atom is -0.388 e. The van der Waals surface area contributed by atoms with E-state index in [0.717, 1.165) is 21.6 Å². The molecule has 0 fully saturated rings. The number of likely N-dealkylation sites (N-methyl/N-ethyl adjacent to an activating group) is 2. The lowest BCUT2D eigenvalue weighted by Gasteiger charge is -2.25. The van der Waals surface area contributed by atoms with Gasteiger partial charge in [0.2, 0.25) is 5.91 Å². The minimum absolute atomic E-state index is 0.309. The first-order chi connectivity index (χ1) is 13.6. The van der Waals surface area contributed by atoms with Gasteiger partial charge in [0.15, 0.2) is 11.8 Å². The summed E-state index contributed by atoms with van der Waals surface area (Å²) in [5, 5.41) is 21.5. The molecule has 29 heavy (non-hydrogen) atoms. The number of amides is 2. The van der Waals surface area contributed by atoms with E-state index in [4.69, 9.17) is 5.11 Å². The molecule has 1 unspecified atom stereocenters. The maximum atomic E-state index is 12.7. The Balaban J connectivity index is 2.23. The molecule has 2 aromatic rings. The van der Waals surface area contributed by atoms with Crippen LogP contribution in [0.1, 0.15) is 29.8 Å². The quantitative estimate of drug-likeness (QED) is 0.610. The van der Waals surface area contributed by atoms with E-state index in [1.165, 1.54) is 14.1 Å². The van der Waals surface area contributed by atoms with Crippen LogP contribution in [0.3, 0.4) is 0 Å². The molecule has 0 heterocycles. The minimum atomic E-state index is -1.40. The van der Waals surface area contributed by atoms with Crippen LogP contribution in [0.25, 0.3) is 11.1 Å². The molecule has 0 saturated carbocycles. The zero-order valence-electron chi connectivity index (χ0n) is 17.0. The van der Waals surface area contributed by atoms with Crippen LogP contribution in [0.5, 0.6) is 0 Å². The third-order valence-corrected chi connectivity index (χ3v) is 4.72. The number of benzene rings is 2. The summed E-state index contributed by atoms with van der Waals surface area (Å²) in [5.74, 6) is -1.93. The van der Waals surface area contributed by atoms with E-state index >= 15 is 0 Å². The highest BCUT2D eigenvalue weighted by Gasteiger charge is 2.32. The normalized spacial score (nSPS) is 12.2. The SMILES string of the molecule is CNC(=O)C(C(=O)CO)N(C)C(=O)c1ccc(-c2ccc(C(C)(C)O)cc2)cc1. The van der Waals surface area contributed by atoms with E-state index in [9.17, 15) is 19.5 Å². The molecule has 0 bridgehead atoms. The fourth-order valence-electron chi connectivity index (χ4n) is 2.96. The maximum Gasteiger partial charge on any atom is 0.254 e. The van der Waals surface area contributed by atoms with Gasteiger partial charge in [0, 0.05) is 19.7 Å². The summed E-state index contributed by atoms with van der Waals surface area (Å²) < 4.78 is 0. The molecule has 7 heteroatoms. The number of nitrogens with one attached hydrogen (secondary N) is 1. The van der Waals surface area contributed by atoms with Gasteiger partial charge in [-0.2, -0.15) is 0 Å². The molecule has 1 atom stereocenters. The number of aliphatic hydroxyl groups is 2. The van der Waals surface area contributed by atoms with Crippen LogP contribution in [0, 0.1) is 0 Å². The van der Waals surface area contributed by atoms with Crippen molar-refractivity contribution < 1.29 is 24.6 Å². The van der Waals surface area contributed by atoms with E-state index < -0.39 is 35.8 Å². The zero-order chi connectivity index (χ0) is 21.8. The van der Waals surface area contributed by atoms with Crippen LogP contribution >= 0.6 is 0 Å². The molecular formula is C22H26N2O5. The maximum absolute atomic E-state index is 12.7. The van der Waals surface area contributed by atoms with Crippen LogP contribution in [-0.4, -0.2) is 59.5 Å². The molecule has 0 aliphatic rings. The van der Waals surface area contributed by atoms with Crippen molar-refractivity contribution >= 4 is 17.6 Å². The van der Waals surface area contributed by atoms with E-state index in [-0.39, 0.29) is 0 Å². The molecule has 0 aliphatic heterocycles. The topological polar surface area (TPSA) is 107 Å². The Labute approximate surface area is 170 Å². The van der Waals surface area contributed by atoms with Gasteiger partial charge < -0.3 is 20.4 Å².